The first-order chi connectivity index (χ1) is 18.6. The van der Waals surface area contributed by atoms with Gasteiger partial charge in [-0.05, 0) is 81.5 Å². The van der Waals surface area contributed by atoms with E-state index in [9.17, 15) is 9.90 Å². The van der Waals surface area contributed by atoms with Crippen LogP contribution in [0.2, 0.25) is 0 Å². The van der Waals surface area contributed by atoms with Crippen molar-refractivity contribution in [3.8, 4) is 0 Å². The molecule has 202 valence electrons. The Hall–Kier alpha value is -3.40. The number of hydrogen-bond acceptors (Lipinski definition) is 3. The molecule has 0 atom stereocenters. The largest absolute Gasteiger partial charge is 0.545 e. The standard InChI is InChI=1S/C35H40N2O2/c1-34(2,3)23-10-13-26(33(38)39)29(20-23)32-27-14-11-24(36-16-6-7-17-36)21-30(27)35(4,5)31-22-25(12-15-28(31)32)37-18-8-9-19-37/h10-15,20-22H,6-9,16-19H2,1-5H3. The summed E-state index contributed by atoms with van der Waals surface area (Å²) in [6.07, 6.45) is 11.8. The number of carboxylic acids is 1. The van der Waals surface area contributed by atoms with Crippen LogP contribution in [0.5, 0.6) is 0 Å². The minimum atomic E-state index is -1.13. The van der Waals surface area contributed by atoms with Gasteiger partial charge in [0.2, 0.25) is 0 Å². The molecule has 0 amide bonds. The molecule has 2 aromatic carbocycles. The van der Waals surface area contributed by atoms with Gasteiger partial charge in [0.05, 0.1) is 5.97 Å². The molecule has 4 heteroatoms. The number of fused-ring (bicyclic) bond motifs is 2. The van der Waals surface area contributed by atoms with Crippen LogP contribution in [-0.2, 0) is 10.8 Å². The summed E-state index contributed by atoms with van der Waals surface area (Å²) < 4.78 is 2.49. The Kier molecular flexibility index (Phi) is 6.21. The van der Waals surface area contributed by atoms with Crippen LogP contribution in [0.3, 0.4) is 0 Å². The molecule has 39 heavy (non-hydrogen) atoms. The molecule has 6 rings (SSSR count). The van der Waals surface area contributed by atoms with E-state index in [2.05, 4.69) is 86.6 Å². The number of hydrogen-bond donors (Lipinski definition) is 0. The van der Waals surface area contributed by atoms with Gasteiger partial charge in [-0.2, -0.15) is 0 Å². The number of carbonyl (C=O) groups excluding carboxylic acids is 1. The van der Waals surface area contributed by atoms with Crippen LogP contribution in [0.1, 0.15) is 92.9 Å². The monoisotopic (exact) mass is 520 g/mol. The van der Waals surface area contributed by atoms with Gasteiger partial charge in [-0.3, -0.25) is 0 Å². The molecule has 4 nitrogen and oxygen atoms in total. The highest BCUT2D eigenvalue weighted by molar-refractivity contribution is 6.08. The van der Waals surface area contributed by atoms with Gasteiger partial charge < -0.3 is 14.8 Å². The smallest absolute Gasteiger partial charge is 0.200 e. The van der Waals surface area contributed by atoms with E-state index in [0.717, 1.165) is 54.0 Å². The first kappa shape index (κ1) is 25.9. The van der Waals surface area contributed by atoms with Crippen molar-refractivity contribution in [2.75, 3.05) is 31.1 Å². The number of carbonyl (C=O) groups is 1. The number of allylic oxidation sites excluding steroid dienone is 5. The van der Waals surface area contributed by atoms with E-state index in [4.69, 9.17) is 0 Å². The Morgan fingerprint density at radius 2 is 1.64 bits per heavy atom. The lowest BCUT2D eigenvalue weighted by Gasteiger charge is -2.40. The molecule has 2 heterocycles. The second-order valence-corrected chi connectivity index (χ2v) is 13.1. The normalized spacial score (nSPS) is 20.3. The Morgan fingerprint density at radius 1 is 0.923 bits per heavy atom. The quantitative estimate of drug-likeness (QED) is 0.482. The van der Waals surface area contributed by atoms with E-state index in [-0.39, 0.29) is 16.4 Å². The van der Waals surface area contributed by atoms with Crippen molar-refractivity contribution in [3.05, 3.63) is 93.6 Å². The summed E-state index contributed by atoms with van der Waals surface area (Å²) in [5, 5.41) is 12.5. The Labute approximate surface area is 233 Å². The van der Waals surface area contributed by atoms with Crippen LogP contribution in [-0.4, -0.2) is 42.4 Å². The van der Waals surface area contributed by atoms with Gasteiger partial charge in [0.25, 0.3) is 0 Å². The summed E-state index contributed by atoms with van der Waals surface area (Å²) in [7, 11) is 0. The predicted molar refractivity (Wildman–Crippen MR) is 158 cm³/mol. The van der Waals surface area contributed by atoms with Gasteiger partial charge in [-0.1, -0.05) is 52.8 Å². The van der Waals surface area contributed by atoms with Crippen molar-refractivity contribution >= 4 is 22.9 Å². The maximum atomic E-state index is 12.5. The van der Waals surface area contributed by atoms with Crippen LogP contribution < -0.4 is 10.0 Å². The molecule has 2 aliphatic carbocycles. The lowest BCUT2D eigenvalue weighted by Crippen LogP contribution is -2.32. The van der Waals surface area contributed by atoms with E-state index in [1.807, 2.05) is 6.07 Å². The molecule has 2 aliphatic heterocycles. The zero-order valence-electron chi connectivity index (χ0n) is 24.1. The summed E-state index contributed by atoms with van der Waals surface area (Å²) >= 11 is 0. The average molecular weight is 521 g/mol. The fraction of sp³-hybridized carbons (Fsp3) is 0.429. The zero-order chi connectivity index (χ0) is 27.5. The zero-order valence-corrected chi connectivity index (χ0v) is 24.1. The fourth-order valence-corrected chi connectivity index (χ4v) is 6.85. The molecule has 2 fully saturated rings. The van der Waals surface area contributed by atoms with Crippen LogP contribution >= 0.6 is 0 Å². The molecule has 0 radical (unpaired) electrons. The maximum absolute atomic E-state index is 12.5. The summed E-state index contributed by atoms with van der Waals surface area (Å²) in [5.74, 6) is -1.13. The van der Waals surface area contributed by atoms with Crippen molar-refractivity contribution in [3.63, 3.8) is 0 Å². The molecular weight excluding hydrogens is 480 g/mol. The average Bonchev–Trinajstić information content (AvgIpc) is 3.63. The van der Waals surface area contributed by atoms with Gasteiger partial charge >= 0.3 is 0 Å². The van der Waals surface area contributed by atoms with Crippen molar-refractivity contribution < 1.29 is 14.5 Å². The number of aromatic carboxylic acids is 1. The molecule has 0 spiro atoms. The second kappa shape index (κ2) is 9.36. The first-order valence-corrected chi connectivity index (χ1v) is 14.6. The second-order valence-electron chi connectivity index (χ2n) is 13.1. The van der Waals surface area contributed by atoms with E-state index in [1.165, 1.54) is 48.2 Å². The minimum Gasteiger partial charge on any atom is -0.545 e. The van der Waals surface area contributed by atoms with E-state index in [0.29, 0.717) is 0 Å². The first-order valence-electron chi connectivity index (χ1n) is 14.6. The fourth-order valence-electron chi connectivity index (χ4n) is 6.85. The SMILES string of the molecule is CC(C)(C)c1ccc(C(=O)[O-])c(C2=C3C=CC(=[N+]4CCCC4)C=C3C(C)(C)c3cc(N4CCCC4)ccc32)c1. The lowest BCUT2D eigenvalue weighted by molar-refractivity contribution is -0.504. The van der Waals surface area contributed by atoms with Gasteiger partial charge in [0.15, 0.2) is 5.71 Å². The number of carboxylic acid groups (broad SMARTS) is 1. The highest BCUT2D eigenvalue weighted by Crippen LogP contribution is 2.51. The third-order valence-corrected chi connectivity index (χ3v) is 9.21. The molecule has 2 aromatic rings. The van der Waals surface area contributed by atoms with Gasteiger partial charge in [0, 0.05) is 54.7 Å². The molecule has 0 bridgehead atoms. The molecular formula is C35H40N2O2. The van der Waals surface area contributed by atoms with Crippen LogP contribution in [0.25, 0.3) is 5.57 Å². The Balaban J connectivity index is 1.66. The van der Waals surface area contributed by atoms with Crippen molar-refractivity contribution in [2.24, 2.45) is 0 Å². The van der Waals surface area contributed by atoms with Gasteiger partial charge in [-0.25, -0.2) is 4.58 Å². The Morgan fingerprint density at radius 3 is 2.31 bits per heavy atom. The van der Waals surface area contributed by atoms with Gasteiger partial charge in [-0.15, -0.1) is 0 Å². The van der Waals surface area contributed by atoms with E-state index >= 15 is 0 Å². The number of nitrogens with zero attached hydrogens (tertiary/aromatic N) is 2. The molecule has 0 aromatic heterocycles. The van der Waals surface area contributed by atoms with Crippen molar-refractivity contribution in [1.29, 1.82) is 0 Å². The molecule has 4 aliphatic rings. The van der Waals surface area contributed by atoms with E-state index in [1.54, 1.807) is 6.07 Å². The minimum absolute atomic E-state index is 0.113. The van der Waals surface area contributed by atoms with Crippen LogP contribution in [0.15, 0.2) is 65.8 Å². The number of benzene rings is 2. The summed E-state index contributed by atoms with van der Waals surface area (Å²) in [5.41, 5.74) is 10.1. The van der Waals surface area contributed by atoms with Crippen LogP contribution in [0, 0.1) is 0 Å². The summed E-state index contributed by atoms with van der Waals surface area (Å²) in [6, 6.07) is 12.6. The van der Waals surface area contributed by atoms with Crippen molar-refractivity contribution in [1.82, 2.24) is 0 Å². The highest BCUT2D eigenvalue weighted by atomic mass is 16.4. The van der Waals surface area contributed by atoms with Crippen molar-refractivity contribution in [2.45, 2.75) is 71.1 Å². The molecule has 0 unspecified atom stereocenters. The predicted octanol–water partition coefficient (Wildman–Crippen LogP) is 5.78. The topological polar surface area (TPSA) is 46.4 Å². The lowest BCUT2D eigenvalue weighted by atomic mass is 9.64. The summed E-state index contributed by atoms with van der Waals surface area (Å²) in [4.78, 5) is 15.0. The summed E-state index contributed by atoms with van der Waals surface area (Å²) in [6.45, 7) is 15.5. The third-order valence-electron chi connectivity index (χ3n) is 9.21. The van der Waals surface area contributed by atoms with E-state index < -0.39 is 5.97 Å². The van der Waals surface area contributed by atoms with Crippen LogP contribution in [0.4, 0.5) is 5.69 Å². The highest BCUT2D eigenvalue weighted by Gasteiger charge is 2.40. The van der Waals surface area contributed by atoms with Gasteiger partial charge in [0.1, 0.15) is 13.1 Å². The third kappa shape index (κ3) is 4.38. The number of rotatable bonds is 3. The molecule has 2 saturated heterocycles. The molecule has 0 saturated carbocycles. The Bertz CT molecular complexity index is 1480. The maximum Gasteiger partial charge on any atom is 0.200 e. The molecule has 0 N–H and O–H groups in total. The number of anilines is 1.